The van der Waals surface area contributed by atoms with Gasteiger partial charge in [0.25, 0.3) is 0 Å². The Kier molecular flexibility index (Phi) is 6.01. The first-order valence-electron chi connectivity index (χ1n) is 11.8. The van der Waals surface area contributed by atoms with E-state index >= 15 is 0 Å². The van der Waals surface area contributed by atoms with Gasteiger partial charge in [-0.3, -0.25) is 4.90 Å². The first-order chi connectivity index (χ1) is 19.1. The number of aliphatic imine (C=N–C) groups is 1. The molecule has 0 fully saturated rings. The third kappa shape index (κ3) is 4.53. The number of aliphatic hydroxyl groups is 1. The van der Waals surface area contributed by atoms with E-state index in [0.29, 0.717) is 10.5 Å². The summed E-state index contributed by atoms with van der Waals surface area (Å²) in [5, 5.41) is 16.9. The molecule has 202 valence electrons. The van der Waals surface area contributed by atoms with Gasteiger partial charge in [-0.05, 0) is 48.5 Å². The fourth-order valence-electron chi connectivity index (χ4n) is 4.21. The Morgan fingerprint density at radius 1 is 1.21 bits per heavy atom. The van der Waals surface area contributed by atoms with Crippen LogP contribution in [0.4, 0.5) is 38.1 Å². The van der Waals surface area contributed by atoms with Crippen LogP contribution in [0.1, 0.15) is 25.0 Å². The number of carbonyl (C=O) groups is 1. The molecule has 0 saturated carbocycles. The molecule has 0 spiro atoms. The first kappa shape index (κ1) is 24.5. The van der Waals surface area contributed by atoms with Crippen LogP contribution in [0.25, 0.3) is 0 Å². The largest absolute Gasteiger partial charge is 0.423 e. The minimum Gasteiger partial charge on any atom is -0.397 e. The third-order valence-electron chi connectivity index (χ3n) is 5.88. The molecule has 2 heterocycles. The number of nitrogens with one attached hydrogen (secondary N) is 1. The van der Waals surface area contributed by atoms with Gasteiger partial charge in [0.2, 0.25) is 5.60 Å². The predicted molar refractivity (Wildman–Crippen MR) is 137 cm³/mol. The van der Waals surface area contributed by atoms with Crippen LogP contribution < -0.4 is 10.2 Å². The molecule has 14 heteroatoms. The highest BCUT2D eigenvalue weighted by atomic mass is 79.9. The number of halogens is 7. The molecule has 1 unspecified atom stereocenters. The van der Waals surface area contributed by atoms with Crippen molar-refractivity contribution < 1.29 is 39.4 Å². The number of benzene rings is 3. The average Bonchev–Trinajstić information content (AvgIpc) is 3.31. The number of hydrogen-bond acceptors (Lipinski definition) is 4. The van der Waals surface area contributed by atoms with Crippen LogP contribution in [-0.2, 0) is 10.4 Å². The van der Waals surface area contributed by atoms with E-state index < -0.39 is 47.2 Å². The number of rotatable bonds is 3. The molecule has 7 nitrogen and oxygen atoms in total. The van der Waals surface area contributed by atoms with Crippen LogP contribution in [-0.4, -0.2) is 42.5 Å². The van der Waals surface area contributed by atoms with Crippen molar-refractivity contribution in [2.24, 2.45) is 10.1 Å². The lowest BCUT2D eigenvalue weighted by Crippen LogP contribution is -2.48. The van der Waals surface area contributed by atoms with Gasteiger partial charge in [0, 0.05) is 26.7 Å². The molecule has 39 heavy (non-hydrogen) atoms. The van der Waals surface area contributed by atoms with Gasteiger partial charge in [-0.2, -0.15) is 13.2 Å². The summed E-state index contributed by atoms with van der Waals surface area (Å²) in [6.07, 6.45) is -5.65. The standard InChI is InChI=1S/C25H15BrClF5N4O3/c1-39-35-22-15-6-11(26)7-18(20(15)21(34-22)14-8-12(28)2-4-17(14)27)33-23(37)36-10-24(38,25(30,31)32)16-9-13(29)3-5-19(16)36/h2-9,38H,10H2,1H3,(H,33,37)/b35-22+/i10D2. The number of amidine groups is 1. The van der Waals surface area contributed by atoms with Gasteiger partial charge >= 0.3 is 12.2 Å². The third-order valence-corrected chi connectivity index (χ3v) is 6.67. The number of β-amino-alcohol motifs (C(OH)–C–C–N with tert-alkyl or cyclic N) is 1. The Morgan fingerprint density at radius 2 is 1.90 bits per heavy atom. The van der Waals surface area contributed by atoms with Gasteiger partial charge in [-0.1, -0.05) is 32.7 Å². The summed E-state index contributed by atoms with van der Waals surface area (Å²) in [7, 11) is 1.24. The Balaban J connectivity index is 1.67. The van der Waals surface area contributed by atoms with Crippen molar-refractivity contribution in [2.45, 2.75) is 11.8 Å². The maximum atomic E-state index is 14.2. The molecule has 2 amide bonds. The molecule has 3 aromatic carbocycles. The number of anilines is 2. The molecular weight excluding hydrogens is 615 g/mol. The number of urea groups is 1. The second-order valence-corrected chi connectivity index (χ2v) is 9.63. The van der Waals surface area contributed by atoms with Gasteiger partial charge in [-0.25, -0.2) is 18.6 Å². The van der Waals surface area contributed by atoms with Crippen LogP contribution in [0.2, 0.25) is 5.02 Å². The van der Waals surface area contributed by atoms with Crippen molar-refractivity contribution in [3.8, 4) is 0 Å². The number of alkyl halides is 3. The zero-order valence-corrected chi connectivity index (χ0v) is 21.7. The van der Waals surface area contributed by atoms with Crippen molar-refractivity contribution in [3.63, 3.8) is 0 Å². The van der Waals surface area contributed by atoms with Gasteiger partial charge in [0.1, 0.15) is 18.7 Å². The number of hydrogen-bond donors (Lipinski definition) is 2. The molecule has 0 aromatic heterocycles. The van der Waals surface area contributed by atoms with Crippen molar-refractivity contribution in [1.82, 2.24) is 0 Å². The molecule has 0 radical (unpaired) electrons. The SMILES string of the molecule is [2H]C1([2H])N(C(=O)Nc2cc(Br)cc3c2C(c2cc(F)ccc2Cl)=N/C3=N/OC)c2ccc(F)cc2C1(O)C(F)(F)F. The summed E-state index contributed by atoms with van der Waals surface area (Å²) in [4.78, 5) is 22.8. The molecular formula is C25H15BrClF5N4O3. The minimum absolute atomic E-state index is 0.0154. The van der Waals surface area contributed by atoms with Gasteiger partial charge in [-0.15, -0.1) is 0 Å². The normalized spacial score (nSPS) is 21.2. The molecule has 2 aliphatic rings. The summed E-state index contributed by atoms with van der Waals surface area (Å²) in [5.41, 5.74) is -5.86. The average molecular weight is 632 g/mol. The molecule has 5 rings (SSSR count). The quantitative estimate of drug-likeness (QED) is 0.261. The van der Waals surface area contributed by atoms with E-state index in [1.807, 2.05) is 0 Å². The summed E-state index contributed by atoms with van der Waals surface area (Å²) < 4.78 is 87.3. The van der Waals surface area contributed by atoms with Gasteiger partial charge in [0.15, 0.2) is 5.84 Å². The van der Waals surface area contributed by atoms with Crippen LogP contribution >= 0.6 is 27.5 Å². The van der Waals surface area contributed by atoms with Crippen molar-refractivity contribution in [1.29, 1.82) is 0 Å². The maximum Gasteiger partial charge on any atom is 0.423 e. The summed E-state index contributed by atoms with van der Waals surface area (Å²) in [5.74, 6) is -1.88. The monoisotopic (exact) mass is 630 g/mol. The molecule has 0 aliphatic carbocycles. The smallest absolute Gasteiger partial charge is 0.397 e. The zero-order chi connectivity index (χ0) is 30.1. The van der Waals surface area contributed by atoms with E-state index in [1.54, 1.807) is 0 Å². The molecule has 2 N–H and O–H groups in total. The number of oxime groups is 1. The summed E-state index contributed by atoms with van der Waals surface area (Å²) in [6, 6.07) is 6.64. The van der Waals surface area contributed by atoms with E-state index in [2.05, 4.69) is 31.4 Å². The topological polar surface area (TPSA) is 86.5 Å². The number of nitrogens with zero attached hydrogens (tertiary/aromatic N) is 3. The van der Waals surface area contributed by atoms with Crippen molar-refractivity contribution in [3.05, 3.63) is 91.9 Å². The fourth-order valence-corrected chi connectivity index (χ4v) is 4.88. The lowest BCUT2D eigenvalue weighted by Gasteiger charge is -2.27. The van der Waals surface area contributed by atoms with Crippen LogP contribution in [0.15, 0.2) is 63.2 Å². The van der Waals surface area contributed by atoms with Gasteiger partial charge < -0.3 is 15.3 Å². The van der Waals surface area contributed by atoms with E-state index in [0.717, 1.165) is 24.3 Å². The Labute approximate surface area is 233 Å². The highest BCUT2D eigenvalue weighted by Gasteiger charge is 2.61. The Hall–Kier alpha value is -3.55. The minimum atomic E-state index is -5.65. The predicted octanol–water partition coefficient (Wildman–Crippen LogP) is 6.34. The van der Waals surface area contributed by atoms with Crippen LogP contribution in [0.5, 0.6) is 0 Å². The van der Waals surface area contributed by atoms with E-state index in [-0.39, 0.29) is 43.8 Å². The summed E-state index contributed by atoms with van der Waals surface area (Å²) in [6.45, 7) is -3.83. The Morgan fingerprint density at radius 3 is 2.59 bits per heavy atom. The molecule has 3 aromatic rings. The second kappa shape index (κ2) is 9.57. The van der Waals surface area contributed by atoms with Crippen LogP contribution in [0, 0.1) is 11.6 Å². The molecule has 2 aliphatic heterocycles. The van der Waals surface area contributed by atoms with E-state index in [4.69, 9.17) is 19.2 Å². The summed E-state index contributed by atoms with van der Waals surface area (Å²) >= 11 is 9.57. The van der Waals surface area contributed by atoms with Crippen LogP contribution in [0.3, 0.4) is 0 Å². The number of fused-ring (bicyclic) bond motifs is 2. The maximum absolute atomic E-state index is 14.2. The van der Waals surface area contributed by atoms with Crippen molar-refractivity contribution in [2.75, 3.05) is 23.8 Å². The number of amides is 2. The lowest BCUT2D eigenvalue weighted by atomic mass is 9.95. The van der Waals surface area contributed by atoms with Gasteiger partial charge in [0.05, 0.1) is 31.3 Å². The highest BCUT2D eigenvalue weighted by Crippen LogP contribution is 2.49. The lowest BCUT2D eigenvalue weighted by molar-refractivity contribution is -0.258. The first-order valence-corrected chi connectivity index (χ1v) is 12.0. The molecule has 0 bridgehead atoms. The highest BCUT2D eigenvalue weighted by molar-refractivity contribution is 9.10. The van der Waals surface area contributed by atoms with Crippen molar-refractivity contribution >= 4 is 56.5 Å². The fraction of sp³-hybridized carbons (Fsp3) is 0.160. The molecule has 1 atom stereocenters. The Bertz CT molecular complexity index is 1690. The number of carbonyl (C=O) groups excluding carboxylic acids is 1. The van der Waals surface area contributed by atoms with E-state index in [1.165, 1.54) is 25.3 Å². The van der Waals surface area contributed by atoms with E-state index in [9.17, 15) is 31.9 Å². The molecule has 0 saturated heterocycles. The second-order valence-electron chi connectivity index (χ2n) is 8.30. The zero-order valence-electron chi connectivity index (χ0n) is 21.4.